The first-order valence-corrected chi connectivity index (χ1v) is 14.8. The Kier molecular flexibility index (Phi) is 18.2. The number of hydrogen-bond donors (Lipinski definition) is 0. The molecule has 241 valence electrons. The van der Waals surface area contributed by atoms with Crippen LogP contribution in [0.5, 0.6) is 5.75 Å². The van der Waals surface area contributed by atoms with Crippen LogP contribution in [0.3, 0.4) is 0 Å². The first kappa shape index (κ1) is 40.2. The topological polar surface area (TPSA) is 53.3 Å². The third-order valence-corrected chi connectivity index (χ3v) is 6.68. The number of nitrogens with zero attached hydrogens (tertiary/aromatic N) is 1. The maximum Gasteiger partial charge on any atom is 0.179 e. The molecule has 4 rings (SSSR count). The molecule has 4 nitrogen and oxygen atoms in total. The number of benzene rings is 3. The standard InChI is InChI=1S/C20H13F4O.C14H23N2O.C2H6.Y/c21-16-6-4-12(10-18(16)23)8-14-2-1-3-15(20(14)25)9-13-5-7-17(22)19(24)11-13;1-11(2)16(12(3)4)9-10-17-14-7-5-13(15)6-8-14;1-2;/h1,4-11H,2-3H2;5-8,11-12,15H,9-10H2,1-4H3;1-2H3;/q2*-1;;/b14-8+,15-9+;;;. The molecule has 0 bridgehead atoms. The second-order valence-corrected chi connectivity index (χ2v) is 10.5. The van der Waals surface area contributed by atoms with Gasteiger partial charge in [0.25, 0.3) is 0 Å². The van der Waals surface area contributed by atoms with Crippen molar-refractivity contribution in [3.63, 3.8) is 0 Å². The Hall–Kier alpha value is -2.81. The third kappa shape index (κ3) is 13.2. The van der Waals surface area contributed by atoms with E-state index in [1.165, 1.54) is 24.3 Å². The first-order chi connectivity index (χ1) is 20.9. The zero-order valence-electron chi connectivity index (χ0n) is 26.8. The van der Waals surface area contributed by atoms with Crippen LogP contribution in [-0.2, 0) is 37.5 Å². The maximum absolute atomic E-state index is 13.3. The van der Waals surface area contributed by atoms with E-state index in [2.05, 4.69) is 32.6 Å². The van der Waals surface area contributed by atoms with Crippen molar-refractivity contribution in [2.75, 3.05) is 13.2 Å². The van der Waals surface area contributed by atoms with E-state index in [0.29, 0.717) is 59.5 Å². The van der Waals surface area contributed by atoms with Crippen LogP contribution in [0.2, 0.25) is 0 Å². The summed E-state index contributed by atoms with van der Waals surface area (Å²) in [6.07, 6.45) is 5.65. The average Bonchev–Trinajstić information content (AvgIpc) is 2.99. The summed E-state index contributed by atoms with van der Waals surface area (Å²) < 4.78 is 58.2. The van der Waals surface area contributed by atoms with E-state index in [1.807, 2.05) is 32.4 Å². The van der Waals surface area contributed by atoms with Crippen LogP contribution in [0.4, 0.5) is 23.2 Å². The predicted molar refractivity (Wildman–Crippen MR) is 171 cm³/mol. The summed E-state index contributed by atoms with van der Waals surface area (Å²) in [5.74, 6) is -3.30. The van der Waals surface area contributed by atoms with Gasteiger partial charge in [-0.3, -0.25) is 9.69 Å². The summed E-state index contributed by atoms with van der Waals surface area (Å²) in [6.45, 7) is 14.4. The van der Waals surface area contributed by atoms with Crippen molar-refractivity contribution < 1.29 is 59.8 Å². The molecule has 3 aromatic rings. The van der Waals surface area contributed by atoms with Gasteiger partial charge in [0.2, 0.25) is 0 Å². The summed E-state index contributed by atoms with van der Waals surface area (Å²) in [5, 5.41) is 0. The number of carbonyl (C=O) groups is 1. The van der Waals surface area contributed by atoms with Crippen LogP contribution in [-0.4, -0.2) is 35.9 Å². The Morgan fingerprint density at radius 3 is 1.62 bits per heavy atom. The van der Waals surface area contributed by atoms with Crippen molar-refractivity contribution in [3.05, 3.63) is 118 Å². The summed E-state index contributed by atoms with van der Waals surface area (Å²) in [4.78, 5) is 14.9. The average molecular weight is 700 g/mol. The number of rotatable bonds is 8. The number of ether oxygens (including phenoxy) is 1. The van der Waals surface area contributed by atoms with Crippen LogP contribution in [0, 0.1) is 29.7 Å². The molecule has 1 N–H and O–H groups in total. The molecule has 0 heterocycles. The molecule has 0 spiro atoms. The number of allylic oxidation sites excluding steroid dienone is 2. The quantitative estimate of drug-likeness (QED) is 0.134. The molecule has 9 heteroatoms. The molecule has 0 unspecified atom stereocenters. The summed E-state index contributed by atoms with van der Waals surface area (Å²) in [7, 11) is 0. The monoisotopic (exact) mass is 699 g/mol. The third-order valence-electron chi connectivity index (χ3n) is 6.68. The molecule has 0 saturated heterocycles. The van der Waals surface area contributed by atoms with Gasteiger partial charge >= 0.3 is 0 Å². The smallest absolute Gasteiger partial charge is 0.179 e. The van der Waals surface area contributed by atoms with Crippen LogP contribution >= 0.6 is 0 Å². The fraction of sp³-hybridized carbons (Fsp3) is 0.333. The molecule has 1 aliphatic rings. The van der Waals surface area contributed by atoms with Gasteiger partial charge < -0.3 is 16.9 Å². The van der Waals surface area contributed by atoms with E-state index in [1.54, 1.807) is 12.1 Å². The Labute approximate surface area is 290 Å². The van der Waals surface area contributed by atoms with Gasteiger partial charge in [-0.25, -0.2) is 17.6 Å². The van der Waals surface area contributed by atoms with Crippen LogP contribution in [0.15, 0.2) is 71.8 Å². The Morgan fingerprint density at radius 1 is 0.778 bits per heavy atom. The van der Waals surface area contributed by atoms with Gasteiger partial charge in [0, 0.05) is 51.3 Å². The number of Topliss-reactive ketones (excluding diaryl/α,β-unsaturated/α-hetero) is 1. The van der Waals surface area contributed by atoms with Gasteiger partial charge in [0.05, 0.1) is 0 Å². The molecule has 1 radical (unpaired) electrons. The summed E-state index contributed by atoms with van der Waals surface area (Å²) in [5.41, 5.74) is 9.51. The minimum absolute atomic E-state index is 0. The van der Waals surface area contributed by atoms with E-state index < -0.39 is 23.3 Å². The molecule has 0 amide bonds. The van der Waals surface area contributed by atoms with E-state index in [4.69, 9.17) is 10.5 Å². The van der Waals surface area contributed by atoms with Gasteiger partial charge in [-0.05, 0) is 86.4 Å². The summed E-state index contributed by atoms with van der Waals surface area (Å²) in [6, 6.07) is 15.0. The molecule has 1 fully saturated rings. The number of ketones is 1. The van der Waals surface area contributed by atoms with Gasteiger partial charge in [0.15, 0.2) is 29.1 Å². The number of hydrogen-bond acceptors (Lipinski definition) is 3. The van der Waals surface area contributed by atoms with E-state index in [0.717, 1.165) is 36.6 Å². The van der Waals surface area contributed by atoms with Gasteiger partial charge in [-0.15, -0.1) is 18.5 Å². The second-order valence-electron chi connectivity index (χ2n) is 10.5. The molecular formula is C36H42F4N2O2Y-2. The fourth-order valence-electron chi connectivity index (χ4n) is 4.56. The molecule has 0 aromatic heterocycles. The number of nitrogens with one attached hydrogen (secondary N) is 1. The Bertz CT molecular complexity index is 1340. The molecule has 1 aliphatic carbocycles. The predicted octanol–water partition coefficient (Wildman–Crippen LogP) is 10.2. The molecular weight excluding hydrogens is 657 g/mol. The van der Waals surface area contributed by atoms with Crippen LogP contribution in [0.1, 0.15) is 65.5 Å². The maximum atomic E-state index is 13.3. The molecule has 45 heavy (non-hydrogen) atoms. The van der Waals surface area contributed by atoms with Gasteiger partial charge in [0.1, 0.15) is 12.4 Å². The zero-order chi connectivity index (χ0) is 32.8. The summed E-state index contributed by atoms with van der Waals surface area (Å²) >= 11 is 0. The molecule has 0 atom stereocenters. The minimum Gasteiger partial charge on any atom is -0.699 e. The Balaban J connectivity index is 0.000000446. The Morgan fingerprint density at radius 2 is 1.22 bits per heavy atom. The first-order valence-electron chi connectivity index (χ1n) is 14.8. The van der Waals surface area contributed by atoms with Crippen LogP contribution < -0.4 is 4.74 Å². The van der Waals surface area contributed by atoms with Crippen molar-refractivity contribution in [2.45, 2.75) is 66.5 Å². The van der Waals surface area contributed by atoms with Gasteiger partial charge in [-0.2, -0.15) is 0 Å². The van der Waals surface area contributed by atoms with Crippen molar-refractivity contribution in [3.8, 4) is 5.75 Å². The second kappa shape index (κ2) is 20.3. The van der Waals surface area contributed by atoms with Gasteiger partial charge in [-0.1, -0.05) is 50.3 Å². The van der Waals surface area contributed by atoms with E-state index in [-0.39, 0.29) is 38.5 Å². The fourth-order valence-corrected chi connectivity index (χ4v) is 4.56. The van der Waals surface area contributed by atoms with Crippen molar-refractivity contribution in [1.29, 1.82) is 0 Å². The number of carbonyl (C=O) groups excluding carboxylic acids is 1. The van der Waals surface area contributed by atoms with Crippen molar-refractivity contribution in [1.82, 2.24) is 4.90 Å². The van der Waals surface area contributed by atoms with Crippen LogP contribution in [0.25, 0.3) is 17.9 Å². The minimum atomic E-state index is -0.987. The zero-order valence-corrected chi connectivity index (χ0v) is 29.7. The molecule has 1 saturated carbocycles. The van der Waals surface area contributed by atoms with Crippen molar-refractivity contribution >= 4 is 23.6 Å². The normalized spacial score (nSPS) is 14.6. The number of halogens is 4. The van der Waals surface area contributed by atoms with Crippen molar-refractivity contribution in [2.24, 2.45) is 0 Å². The molecule has 3 aromatic carbocycles. The van der Waals surface area contributed by atoms with E-state index >= 15 is 0 Å². The molecule has 0 aliphatic heterocycles. The van der Waals surface area contributed by atoms with E-state index in [9.17, 15) is 22.4 Å². The largest absolute Gasteiger partial charge is 0.699 e. The SMILES string of the molecule is CC.CC(C)N(CCOc1ccc([NH-])cc1)C(C)C.O=C1/C(=C/c2ccc(F)c(F)c2)C[CH-]C/C1=C\c1ccc(F)c(F)c1.[Y].